The van der Waals surface area contributed by atoms with E-state index in [9.17, 15) is 0 Å². The average Bonchev–Trinajstić information content (AvgIpc) is 1.70. The molecular formula is H7IO13S4. The molecule has 0 aliphatic heterocycles. The molecule has 0 saturated heterocycles. The molecule has 0 spiro atoms. The molecule has 0 radical (unpaired) electrons. The van der Waals surface area contributed by atoms with Crippen molar-refractivity contribution in [2.24, 2.45) is 0 Å². The molecule has 0 aromatic rings. The van der Waals surface area contributed by atoms with Gasteiger partial charge >= 0.3 is 31.5 Å². The summed E-state index contributed by atoms with van der Waals surface area (Å²) in [7, 11) is -8.50. The number of rotatable bonds is 0. The molecule has 18 heavy (non-hydrogen) atoms. The quantitative estimate of drug-likeness (QED) is 0.0986. The van der Waals surface area contributed by atoms with Crippen LogP contribution in [0.3, 0.4) is 0 Å². The molecule has 13 nitrogen and oxygen atoms in total. The largest absolute Gasteiger partial charge is 0.503 e. The fraction of sp³-hybridized carbons (Fsp3) is 0. The molecule has 7 N–H and O–H groups in total. The van der Waals surface area contributed by atoms with Crippen molar-refractivity contribution in [1.29, 1.82) is 0 Å². The minimum absolute atomic E-state index is 2.61. The van der Waals surface area contributed by atoms with Gasteiger partial charge in [-0.3, -0.25) is 27.3 Å². The molecule has 0 bridgehead atoms. The molecule has 116 valence electrons. The Labute approximate surface area is 117 Å². The van der Waals surface area contributed by atoms with Gasteiger partial charge in [-0.25, -0.2) is 0 Å². The summed E-state index contributed by atoms with van der Waals surface area (Å²) in [6.07, 6.45) is 0. The van der Waals surface area contributed by atoms with Crippen LogP contribution < -0.4 is 27.9 Å². The van der Waals surface area contributed by atoms with E-state index in [1.165, 1.54) is 0 Å². The Morgan fingerprint density at radius 3 is 1.00 bits per heavy atom. The summed E-state index contributed by atoms with van der Waals surface area (Å²) in [5, 5.41) is 0. The van der Waals surface area contributed by atoms with E-state index in [-0.39, 0.29) is 0 Å². The van der Waals surface area contributed by atoms with Gasteiger partial charge in [0.25, 0.3) is 20.4 Å². The summed E-state index contributed by atoms with van der Waals surface area (Å²) < 4.78 is 103. The van der Waals surface area contributed by atoms with Gasteiger partial charge in [-0.1, -0.05) is 0 Å². The van der Waals surface area contributed by atoms with E-state index < -0.39 is 51.9 Å². The first-order valence-corrected chi connectivity index (χ1v) is 9.99. The molecule has 0 rings (SSSR count). The third-order valence-electron chi connectivity index (χ3n) is 0. The Morgan fingerprint density at radius 1 is 1.00 bits per heavy atom. The van der Waals surface area contributed by atoms with E-state index in [2.05, 4.69) is 11.2 Å². The molecule has 18 heteroatoms. The van der Waals surface area contributed by atoms with Crippen molar-refractivity contribution in [2.45, 2.75) is 0 Å². The van der Waals surface area contributed by atoms with E-state index in [0.29, 0.717) is 0 Å². The first kappa shape index (κ1) is 27.2. The topological polar surface area (TPSA) is 256 Å². The van der Waals surface area contributed by atoms with Crippen LogP contribution in [0.25, 0.3) is 0 Å². The zero-order valence-corrected chi connectivity index (χ0v) is 13.0. The van der Waals surface area contributed by atoms with Gasteiger partial charge in [0.15, 0.2) is 0 Å². The van der Waals surface area contributed by atoms with Gasteiger partial charge in [0.2, 0.25) is 0 Å². The fourth-order valence-electron chi connectivity index (χ4n) is 0. The molecule has 0 heterocycles. The highest BCUT2D eigenvalue weighted by molar-refractivity contribution is 8.26. The summed E-state index contributed by atoms with van der Waals surface area (Å²) in [5.41, 5.74) is 0. The number of hydrogen-bond acceptors (Lipinski definition) is 8. The fourth-order valence-corrected chi connectivity index (χ4v) is 0. The molecule has 0 unspecified atom stereocenters. The Morgan fingerprint density at radius 2 is 1.00 bits per heavy atom. The van der Waals surface area contributed by atoms with Crippen molar-refractivity contribution in [1.82, 2.24) is 0 Å². The second kappa shape index (κ2) is 14.3. The second-order valence-electron chi connectivity index (χ2n) is 1.33. The normalized spacial score (nSPS) is 10.4. The summed E-state index contributed by atoms with van der Waals surface area (Å²) in [5.74, 6) is 0. The minimum atomic E-state index is -4.67. The van der Waals surface area contributed by atoms with Crippen LogP contribution in [0, 0.1) is 0 Å². The summed E-state index contributed by atoms with van der Waals surface area (Å²) in [6, 6.07) is 0. The Bertz CT molecular complexity index is 320. The van der Waals surface area contributed by atoms with Crippen LogP contribution in [0.1, 0.15) is 0 Å². The molecule has 0 saturated carbocycles. The maximum atomic E-state index is 9.11. The van der Waals surface area contributed by atoms with Crippen molar-refractivity contribution >= 4 is 42.0 Å². The van der Waals surface area contributed by atoms with Crippen molar-refractivity contribution < 1.29 is 75.5 Å². The van der Waals surface area contributed by atoms with Crippen LogP contribution in [0.5, 0.6) is 0 Å². The summed E-state index contributed by atoms with van der Waals surface area (Å²) in [4.78, 5) is 0. The summed E-state index contributed by atoms with van der Waals surface area (Å²) in [6.45, 7) is 0. The lowest BCUT2D eigenvalue weighted by atomic mass is 15.8. The van der Waals surface area contributed by atoms with Gasteiger partial charge < -0.3 is 6.87 Å². The molecule has 0 aromatic heterocycles. The lowest BCUT2D eigenvalue weighted by Crippen LogP contribution is -3.98. The zero-order chi connectivity index (χ0) is 16.2. The maximum Gasteiger partial charge on any atom is 0.503 e. The maximum absolute atomic E-state index is 9.11. The van der Waals surface area contributed by atoms with Crippen LogP contribution in [0.15, 0.2) is 0 Å². The van der Waals surface area contributed by atoms with Gasteiger partial charge in [-0.05, 0) is 3.44 Å². The third-order valence-corrected chi connectivity index (χ3v) is 0. The minimum Gasteiger partial charge on any atom is -0.396 e. The van der Waals surface area contributed by atoms with E-state index in [1.54, 1.807) is 0 Å². The van der Waals surface area contributed by atoms with Crippen LogP contribution in [-0.4, -0.2) is 47.6 Å². The lowest BCUT2D eigenvalue weighted by Gasteiger charge is -1.73. The smallest absolute Gasteiger partial charge is 0.396 e. The predicted molar refractivity (Wildman–Crippen MR) is 50.6 cm³/mol. The monoisotopic (exact) mass is 470 g/mol. The first-order chi connectivity index (χ1) is 7.46. The van der Waals surface area contributed by atoms with Crippen LogP contribution in [-0.2, 0) is 42.0 Å². The van der Waals surface area contributed by atoms with Crippen molar-refractivity contribution in [3.63, 3.8) is 0 Å². The van der Waals surface area contributed by atoms with E-state index in [0.717, 1.165) is 0 Å². The molecule has 0 aliphatic rings. The predicted octanol–water partition coefficient (Wildman–Crippen LogP) is -7.22. The van der Waals surface area contributed by atoms with Crippen LogP contribution in [0.2, 0.25) is 0 Å². The Kier molecular flexibility index (Phi) is 21.6. The molecule has 0 fully saturated rings. The van der Waals surface area contributed by atoms with E-state index >= 15 is 0 Å². The molecule has 0 atom stereocenters. The van der Waals surface area contributed by atoms with Crippen molar-refractivity contribution in [3.8, 4) is 0 Å². The van der Waals surface area contributed by atoms with E-state index in [1.807, 2.05) is 0 Å². The SMILES string of the molecule is O=S(=O)(O)O.O=S(O)(O)=S.O=S(O)O.[O-][I+2]([O-])O. The Hall–Kier alpha value is 0.840. The highest BCUT2D eigenvalue weighted by Gasteiger charge is 1.89. The molecule has 0 aromatic carbocycles. The van der Waals surface area contributed by atoms with Gasteiger partial charge in [0.05, 0.1) is 0 Å². The van der Waals surface area contributed by atoms with Crippen molar-refractivity contribution in [2.75, 3.05) is 0 Å². The summed E-state index contributed by atoms with van der Waals surface area (Å²) >= 11 is -2.91. The average molecular weight is 470 g/mol. The van der Waals surface area contributed by atoms with Gasteiger partial charge in [0.1, 0.15) is 0 Å². The van der Waals surface area contributed by atoms with Gasteiger partial charge in [-0.2, -0.15) is 16.8 Å². The first-order valence-electron chi connectivity index (χ1n) is 2.41. The second-order valence-corrected chi connectivity index (χ2v) is 6.03. The van der Waals surface area contributed by atoms with Crippen molar-refractivity contribution in [3.05, 3.63) is 0 Å². The standard InChI is InChI=1S/HIO3.H2O4S.H2O3S2.H2O3S/c2-1(3)4;2*1-5(2,3)4;1-4(2)3/h2H;2*(H2,1,2,3,4);(H2,1,2,3). The Balaban J connectivity index is -0.0000000731. The highest BCUT2D eigenvalue weighted by Crippen LogP contribution is 1.62. The zero-order valence-electron chi connectivity index (χ0n) is 7.59. The van der Waals surface area contributed by atoms with Gasteiger partial charge in [0, 0.05) is 11.2 Å². The molecular weight excluding hydrogens is 463 g/mol. The van der Waals surface area contributed by atoms with Crippen LogP contribution >= 0.6 is 0 Å². The molecule has 0 aliphatic carbocycles. The number of halogens is 1. The van der Waals surface area contributed by atoms with E-state index in [4.69, 9.17) is 54.5 Å². The molecule has 0 amide bonds. The highest BCUT2D eigenvalue weighted by atomic mass is 127. The van der Waals surface area contributed by atoms with Gasteiger partial charge in [-0.15, -0.1) is 0 Å². The number of hydrogen-bond donors (Lipinski definition) is 7. The third kappa shape index (κ3) is 5990. The van der Waals surface area contributed by atoms with Crippen LogP contribution in [0.4, 0.5) is 0 Å². The lowest BCUT2D eigenvalue weighted by molar-refractivity contribution is -1.63.